The molecule has 1 aromatic rings. The molecule has 1 fully saturated rings. The molecule has 2 rings (SSSR count). The predicted molar refractivity (Wildman–Crippen MR) is 96.2 cm³/mol. The van der Waals surface area contributed by atoms with Crippen LogP contribution in [0.25, 0.3) is 0 Å². The SMILES string of the molecule is CCCN(C1CCNCC1)S(=O)(=O)c1cc(Br)ccc1C.Cl. The summed E-state index contributed by atoms with van der Waals surface area (Å²) in [5.74, 6) is 0. The van der Waals surface area contributed by atoms with Crippen molar-refractivity contribution in [3.8, 4) is 0 Å². The third-order valence-corrected chi connectivity index (χ3v) is 6.48. The van der Waals surface area contributed by atoms with E-state index in [2.05, 4.69) is 21.2 Å². The number of benzene rings is 1. The number of sulfonamides is 1. The van der Waals surface area contributed by atoms with Crippen LogP contribution in [0.1, 0.15) is 31.7 Å². The second-order valence-corrected chi connectivity index (χ2v) is 8.28. The van der Waals surface area contributed by atoms with Crippen LogP contribution in [0.3, 0.4) is 0 Å². The zero-order valence-electron chi connectivity index (χ0n) is 13.0. The maximum Gasteiger partial charge on any atom is 0.243 e. The van der Waals surface area contributed by atoms with Crippen LogP contribution in [-0.4, -0.2) is 38.4 Å². The van der Waals surface area contributed by atoms with E-state index in [0.717, 1.165) is 42.4 Å². The summed E-state index contributed by atoms with van der Waals surface area (Å²) in [5.41, 5.74) is 0.799. The van der Waals surface area contributed by atoms with Gasteiger partial charge in [0.25, 0.3) is 0 Å². The van der Waals surface area contributed by atoms with Crippen LogP contribution in [0, 0.1) is 6.92 Å². The van der Waals surface area contributed by atoms with Gasteiger partial charge < -0.3 is 5.32 Å². The standard InChI is InChI=1S/C15H23BrN2O2S.ClH/c1-3-10-18(14-6-8-17-9-7-14)21(19,20)15-11-13(16)5-4-12(15)2;/h4-5,11,14,17H,3,6-10H2,1-2H3;1H. The number of halogens is 2. The lowest BCUT2D eigenvalue weighted by molar-refractivity contribution is 0.262. The van der Waals surface area contributed by atoms with Gasteiger partial charge in [-0.2, -0.15) is 4.31 Å². The van der Waals surface area contributed by atoms with Crippen molar-refractivity contribution in [1.29, 1.82) is 0 Å². The molecule has 0 bridgehead atoms. The molecule has 126 valence electrons. The molecule has 1 aromatic carbocycles. The van der Waals surface area contributed by atoms with Gasteiger partial charge in [-0.25, -0.2) is 8.42 Å². The molecule has 0 radical (unpaired) electrons. The molecule has 1 aliphatic heterocycles. The number of nitrogens with zero attached hydrogens (tertiary/aromatic N) is 1. The third kappa shape index (κ3) is 4.45. The van der Waals surface area contributed by atoms with Crippen LogP contribution in [0.15, 0.2) is 27.6 Å². The molecule has 0 atom stereocenters. The van der Waals surface area contributed by atoms with Gasteiger partial charge in [-0.15, -0.1) is 12.4 Å². The van der Waals surface area contributed by atoms with Gasteiger partial charge in [0.05, 0.1) is 4.90 Å². The minimum Gasteiger partial charge on any atom is -0.317 e. The first kappa shape index (κ1) is 19.9. The number of nitrogens with one attached hydrogen (secondary N) is 1. The second-order valence-electron chi connectivity index (χ2n) is 5.51. The van der Waals surface area contributed by atoms with Gasteiger partial charge in [-0.1, -0.05) is 28.9 Å². The summed E-state index contributed by atoms with van der Waals surface area (Å²) >= 11 is 3.38. The highest BCUT2D eigenvalue weighted by Gasteiger charge is 2.32. The maximum absolute atomic E-state index is 13.1. The van der Waals surface area contributed by atoms with E-state index in [0.29, 0.717) is 11.4 Å². The van der Waals surface area contributed by atoms with E-state index in [9.17, 15) is 8.42 Å². The Morgan fingerprint density at radius 1 is 1.32 bits per heavy atom. The summed E-state index contributed by atoms with van der Waals surface area (Å²) < 4.78 is 28.7. The summed E-state index contributed by atoms with van der Waals surface area (Å²) in [4.78, 5) is 0.420. The van der Waals surface area contributed by atoms with Crippen molar-refractivity contribution in [1.82, 2.24) is 9.62 Å². The van der Waals surface area contributed by atoms with Crippen LogP contribution in [-0.2, 0) is 10.0 Å². The number of hydrogen-bond donors (Lipinski definition) is 1. The van der Waals surface area contributed by atoms with E-state index < -0.39 is 10.0 Å². The zero-order valence-corrected chi connectivity index (χ0v) is 16.2. The van der Waals surface area contributed by atoms with Gasteiger partial charge in [0.15, 0.2) is 0 Å². The van der Waals surface area contributed by atoms with Crippen molar-refractivity contribution < 1.29 is 8.42 Å². The van der Waals surface area contributed by atoms with E-state index in [1.54, 1.807) is 10.4 Å². The average Bonchev–Trinajstić information content (AvgIpc) is 2.48. The molecule has 0 aliphatic carbocycles. The third-order valence-electron chi connectivity index (χ3n) is 3.90. The molecule has 1 N–H and O–H groups in total. The van der Waals surface area contributed by atoms with Crippen LogP contribution in [0.2, 0.25) is 0 Å². The molecule has 0 aromatic heterocycles. The molecule has 22 heavy (non-hydrogen) atoms. The summed E-state index contributed by atoms with van der Waals surface area (Å²) in [6, 6.07) is 5.55. The van der Waals surface area contributed by atoms with E-state index in [4.69, 9.17) is 0 Å². The van der Waals surface area contributed by atoms with Gasteiger partial charge in [0.2, 0.25) is 10.0 Å². The minimum atomic E-state index is -3.44. The smallest absolute Gasteiger partial charge is 0.243 e. The molecule has 0 saturated carbocycles. The van der Waals surface area contributed by atoms with Gasteiger partial charge in [0.1, 0.15) is 0 Å². The van der Waals surface area contributed by atoms with Crippen molar-refractivity contribution in [3.05, 3.63) is 28.2 Å². The Morgan fingerprint density at radius 3 is 2.55 bits per heavy atom. The largest absolute Gasteiger partial charge is 0.317 e. The first-order chi connectivity index (χ1) is 9.96. The number of rotatable bonds is 5. The summed E-state index contributed by atoms with van der Waals surface area (Å²) in [6.45, 7) is 6.23. The summed E-state index contributed by atoms with van der Waals surface area (Å²) in [7, 11) is -3.44. The Bertz CT molecular complexity index is 589. The Hall–Kier alpha value is -0.140. The Balaban J connectivity index is 0.00000242. The lowest BCUT2D eigenvalue weighted by Gasteiger charge is -2.34. The van der Waals surface area contributed by atoms with Crippen molar-refractivity contribution in [2.24, 2.45) is 0 Å². The molecule has 0 spiro atoms. The lowest BCUT2D eigenvalue weighted by Crippen LogP contribution is -2.46. The lowest BCUT2D eigenvalue weighted by atomic mass is 10.1. The van der Waals surface area contributed by atoms with Crippen molar-refractivity contribution in [3.63, 3.8) is 0 Å². The van der Waals surface area contributed by atoms with Crippen molar-refractivity contribution >= 4 is 38.4 Å². The Labute approximate surface area is 148 Å². The molecule has 4 nitrogen and oxygen atoms in total. The summed E-state index contributed by atoms with van der Waals surface area (Å²) in [5, 5.41) is 3.29. The molecule has 0 amide bonds. The van der Waals surface area contributed by atoms with Crippen LogP contribution >= 0.6 is 28.3 Å². The summed E-state index contributed by atoms with van der Waals surface area (Å²) in [6.07, 6.45) is 2.59. The Morgan fingerprint density at radius 2 is 1.95 bits per heavy atom. The molecule has 1 aliphatic rings. The second kappa shape index (κ2) is 8.64. The van der Waals surface area contributed by atoms with Gasteiger partial charge >= 0.3 is 0 Å². The maximum atomic E-state index is 13.1. The molecular weight excluding hydrogens is 388 g/mol. The molecule has 7 heteroatoms. The number of piperidine rings is 1. The first-order valence-corrected chi connectivity index (χ1v) is 9.69. The molecule has 1 heterocycles. The predicted octanol–water partition coefficient (Wildman–Crippen LogP) is 3.33. The van der Waals surface area contributed by atoms with Crippen molar-refractivity contribution in [2.75, 3.05) is 19.6 Å². The first-order valence-electron chi connectivity index (χ1n) is 7.45. The van der Waals surface area contributed by atoms with E-state index in [-0.39, 0.29) is 18.4 Å². The van der Waals surface area contributed by atoms with Crippen LogP contribution in [0.4, 0.5) is 0 Å². The van der Waals surface area contributed by atoms with Crippen LogP contribution in [0.5, 0.6) is 0 Å². The quantitative estimate of drug-likeness (QED) is 0.808. The Kier molecular flexibility index (Phi) is 7.82. The topological polar surface area (TPSA) is 49.4 Å². The van der Waals surface area contributed by atoms with E-state index in [1.807, 2.05) is 26.0 Å². The molecular formula is C15H24BrClN2O2S. The zero-order chi connectivity index (χ0) is 15.5. The highest BCUT2D eigenvalue weighted by atomic mass is 79.9. The number of aryl methyl sites for hydroxylation is 1. The van der Waals surface area contributed by atoms with Gasteiger partial charge in [-0.3, -0.25) is 0 Å². The van der Waals surface area contributed by atoms with Crippen molar-refractivity contribution in [2.45, 2.75) is 44.0 Å². The normalized spacial score (nSPS) is 16.5. The fourth-order valence-corrected chi connectivity index (χ4v) is 5.33. The van der Waals surface area contributed by atoms with Gasteiger partial charge in [-0.05, 0) is 57.0 Å². The van der Waals surface area contributed by atoms with E-state index in [1.165, 1.54) is 0 Å². The fourth-order valence-electron chi connectivity index (χ4n) is 2.79. The van der Waals surface area contributed by atoms with E-state index >= 15 is 0 Å². The minimum absolute atomic E-state index is 0. The van der Waals surface area contributed by atoms with Gasteiger partial charge in [0, 0.05) is 17.1 Å². The highest BCUT2D eigenvalue weighted by molar-refractivity contribution is 9.10. The average molecular weight is 412 g/mol. The molecule has 0 unspecified atom stereocenters. The molecule has 1 saturated heterocycles. The fraction of sp³-hybridized carbons (Fsp3) is 0.600. The van der Waals surface area contributed by atoms with Crippen LogP contribution < -0.4 is 5.32 Å². The monoisotopic (exact) mass is 410 g/mol. The number of hydrogen-bond acceptors (Lipinski definition) is 3. The highest BCUT2D eigenvalue weighted by Crippen LogP contribution is 2.27.